The standard InChI is InChI=1S/C23H24FN3O2S/c1-2-27-22(14-29-20-12-9-16-5-3-4-6-18(16)13-20)25-26-23(27)30-15-21(28)17-7-10-19(24)11-8-17/h7-13H,2-6,14-15H2,1H3. The van der Waals surface area contributed by atoms with Crippen molar-refractivity contribution in [1.29, 1.82) is 0 Å². The van der Waals surface area contributed by atoms with Gasteiger partial charge in [0.05, 0.1) is 5.75 Å². The molecule has 0 N–H and O–H groups in total. The monoisotopic (exact) mass is 425 g/mol. The molecule has 4 rings (SSSR count). The zero-order chi connectivity index (χ0) is 20.9. The number of benzene rings is 2. The molecule has 5 nitrogen and oxygen atoms in total. The summed E-state index contributed by atoms with van der Waals surface area (Å²) in [7, 11) is 0. The van der Waals surface area contributed by atoms with Gasteiger partial charge in [-0.15, -0.1) is 10.2 Å². The van der Waals surface area contributed by atoms with Gasteiger partial charge in [0.1, 0.15) is 18.2 Å². The fourth-order valence-corrected chi connectivity index (χ4v) is 4.56. The van der Waals surface area contributed by atoms with Crippen molar-refractivity contribution in [3.05, 3.63) is 70.8 Å². The molecule has 0 aliphatic heterocycles. The minimum absolute atomic E-state index is 0.0717. The van der Waals surface area contributed by atoms with Gasteiger partial charge in [-0.25, -0.2) is 4.39 Å². The van der Waals surface area contributed by atoms with Crippen LogP contribution in [0, 0.1) is 5.82 Å². The van der Waals surface area contributed by atoms with Gasteiger partial charge in [0.15, 0.2) is 16.8 Å². The first-order chi connectivity index (χ1) is 14.6. The topological polar surface area (TPSA) is 57.0 Å². The van der Waals surface area contributed by atoms with Gasteiger partial charge in [-0.05, 0) is 80.1 Å². The summed E-state index contributed by atoms with van der Waals surface area (Å²) < 4.78 is 21.0. The number of hydrogen-bond acceptors (Lipinski definition) is 5. The van der Waals surface area contributed by atoms with E-state index in [-0.39, 0.29) is 17.4 Å². The first-order valence-corrected chi connectivity index (χ1v) is 11.2. The van der Waals surface area contributed by atoms with Crippen LogP contribution in [-0.2, 0) is 26.0 Å². The van der Waals surface area contributed by atoms with E-state index in [0.29, 0.717) is 23.9 Å². The van der Waals surface area contributed by atoms with Gasteiger partial charge in [-0.1, -0.05) is 17.8 Å². The number of fused-ring (bicyclic) bond motifs is 1. The highest BCUT2D eigenvalue weighted by molar-refractivity contribution is 7.99. The van der Waals surface area contributed by atoms with Gasteiger partial charge in [-0.3, -0.25) is 4.79 Å². The van der Waals surface area contributed by atoms with Crippen LogP contribution in [0.1, 0.15) is 47.1 Å². The van der Waals surface area contributed by atoms with Crippen molar-refractivity contribution in [3.8, 4) is 5.75 Å². The Kier molecular flexibility index (Phi) is 6.47. The summed E-state index contributed by atoms with van der Waals surface area (Å²) in [6.07, 6.45) is 4.76. The molecule has 30 heavy (non-hydrogen) atoms. The highest BCUT2D eigenvalue weighted by atomic mass is 32.2. The number of ether oxygens (including phenoxy) is 1. The summed E-state index contributed by atoms with van der Waals surface area (Å²) >= 11 is 1.33. The summed E-state index contributed by atoms with van der Waals surface area (Å²) in [5.74, 6) is 1.37. The summed E-state index contributed by atoms with van der Waals surface area (Å²) in [5, 5.41) is 9.17. The third-order valence-electron chi connectivity index (χ3n) is 5.30. The van der Waals surface area contributed by atoms with E-state index in [1.54, 1.807) is 0 Å². The van der Waals surface area contributed by atoms with E-state index in [2.05, 4.69) is 22.3 Å². The first kappa shape index (κ1) is 20.6. The molecule has 0 saturated carbocycles. The number of halogens is 1. The van der Waals surface area contributed by atoms with Gasteiger partial charge in [0, 0.05) is 12.1 Å². The van der Waals surface area contributed by atoms with Crippen LogP contribution in [-0.4, -0.2) is 26.3 Å². The molecule has 156 valence electrons. The van der Waals surface area contributed by atoms with Crippen LogP contribution in [0.5, 0.6) is 5.75 Å². The molecule has 0 saturated heterocycles. The third-order valence-corrected chi connectivity index (χ3v) is 6.26. The van der Waals surface area contributed by atoms with Gasteiger partial charge in [-0.2, -0.15) is 0 Å². The Morgan fingerprint density at radius 2 is 1.87 bits per heavy atom. The number of ketones is 1. The maximum atomic E-state index is 13.0. The van der Waals surface area contributed by atoms with E-state index in [0.717, 1.165) is 24.4 Å². The van der Waals surface area contributed by atoms with Crippen molar-refractivity contribution in [3.63, 3.8) is 0 Å². The number of rotatable bonds is 8. The number of carbonyl (C=O) groups is 1. The number of aryl methyl sites for hydroxylation is 2. The quantitative estimate of drug-likeness (QED) is 0.381. The van der Waals surface area contributed by atoms with Crippen molar-refractivity contribution in [2.45, 2.75) is 50.9 Å². The average molecular weight is 426 g/mol. The number of carbonyl (C=O) groups excluding carboxylic acids is 1. The molecule has 2 aromatic carbocycles. The largest absolute Gasteiger partial charge is 0.486 e. The number of thioether (sulfide) groups is 1. The summed E-state index contributed by atoms with van der Waals surface area (Å²) in [6, 6.07) is 11.9. The highest BCUT2D eigenvalue weighted by Crippen LogP contribution is 2.26. The van der Waals surface area contributed by atoms with E-state index < -0.39 is 0 Å². The fraction of sp³-hybridized carbons (Fsp3) is 0.348. The average Bonchev–Trinajstić information content (AvgIpc) is 3.18. The van der Waals surface area contributed by atoms with Crippen molar-refractivity contribution in [2.24, 2.45) is 0 Å². The lowest BCUT2D eigenvalue weighted by atomic mass is 9.92. The summed E-state index contributed by atoms with van der Waals surface area (Å²) in [6.45, 7) is 3.02. The predicted octanol–water partition coefficient (Wildman–Crippen LogP) is 4.87. The van der Waals surface area contributed by atoms with Crippen LogP contribution in [0.25, 0.3) is 0 Å². The fourth-order valence-electron chi connectivity index (χ4n) is 3.65. The zero-order valence-corrected chi connectivity index (χ0v) is 17.8. The van der Waals surface area contributed by atoms with Crippen LogP contribution >= 0.6 is 11.8 Å². The van der Waals surface area contributed by atoms with Crippen molar-refractivity contribution in [1.82, 2.24) is 14.8 Å². The highest BCUT2D eigenvalue weighted by Gasteiger charge is 2.15. The third kappa shape index (κ3) is 4.73. The lowest BCUT2D eigenvalue weighted by Gasteiger charge is -2.16. The van der Waals surface area contributed by atoms with Crippen LogP contribution < -0.4 is 4.74 Å². The zero-order valence-electron chi connectivity index (χ0n) is 16.9. The Bertz CT molecular complexity index is 1030. The molecule has 7 heteroatoms. The number of nitrogens with zero attached hydrogens (tertiary/aromatic N) is 3. The second-order valence-electron chi connectivity index (χ2n) is 7.29. The lowest BCUT2D eigenvalue weighted by Crippen LogP contribution is -2.09. The van der Waals surface area contributed by atoms with Crippen molar-refractivity contribution in [2.75, 3.05) is 5.75 Å². The maximum absolute atomic E-state index is 13.0. The Morgan fingerprint density at radius 3 is 2.63 bits per heavy atom. The van der Waals surface area contributed by atoms with Crippen LogP contribution in [0.4, 0.5) is 4.39 Å². The second kappa shape index (κ2) is 9.43. The summed E-state index contributed by atoms with van der Waals surface area (Å²) in [5.41, 5.74) is 3.29. The number of Topliss-reactive ketones (excluding diaryl/α,β-unsaturated/α-hetero) is 1. The van der Waals surface area contributed by atoms with Gasteiger partial charge in [0.2, 0.25) is 0 Å². The Balaban J connectivity index is 1.38. The van der Waals surface area contributed by atoms with Crippen LogP contribution in [0.3, 0.4) is 0 Å². The molecule has 0 bridgehead atoms. The van der Waals surface area contributed by atoms with E-state index in [9.17, 15) is 9.18 Å². The lowest BCUT2D eigenvalue weighted by molar-refractivity contribution is 0.102. The molecule has 0 fully saturated rings. The minimum atomic E-state index is -0.353. The molecule has 1 aromatic heterocycles. The van der Waals surface area contributed by atoms with Crippen molar-refractivity contribution >= 4 is 17.5 Å². The normalized spacial score (nSPS) is 13.1. The van der Waals surface area contributed by atoms with Gasteiger partial charge >= 0.3 is 0 Å². The first-order valence-electron chi connectivity index (χ1n) is 10.2. The molecule has 1 aliphatic rings. The molecule has 0 atom stereocenters. The summed E-state index contributed by atoms with van der Waals surface area (Å²) in [4.78, 5) is 12.3. The Morgan fingerprint density at radius 1 is 1.10 bits per heavy atom. The van der Waals surface area contributed by atoms with E-state index >= 15 is 0 Å². The number of hydrogen-bond donors (Lipinski definition) is 0. The smallest absolute Gasteiger partial charge is 0.191 e. The van der Waals surface area contributed by atoms with E-state index in [1.807, 2.05) is 17.6 Å². The Hall–Kier alpha value is -2.67. The molecule has 1 aliphatic carbocycles. The predicted molar refractivity (Wildman–Crippen MR) is 115 cm³/mol. The molecule has 0 spiro atoms. The van der Waals surface area contributed by atoms with E-state index in [1.165, 1.54) is 60.0 Å². The molecule has 1 heterocycles. The minimum Gasteiger partial charge on any atom is -0.486 e. The van der Waals surface area contributed by atoms with Gasteiger partial charge in [0.25, 0.3) is 0 Å². The van der Waals surface area contributed by atoms with E-state index in [4.69, 9.17) is 4.74 Å². The molecule has 3 aromatic rings. The van der Waals surface area contributed by atoms with Crippen LogP contribution in [0.15, 0.2) is 47.6 Å². The molecule has 0 unspecified atom stereocenters. The molecule has 0 radical (unpaired) electrons. The molecule has 0 amide bonds. The SMILES string of the molecule is CCn1c(COc2ccc3c(c2)CCCC3)nnc1SCC(=O)c1ccc(F)cc1. The maximum Gasteiger partial charge on any atom is 0.191 e. The van der Waals surface area contributed by atoms with Crippen LogP contribution in [0.2, 0.25) is 0 Å². The Labute approximate surface area is 179 Å². The molecular weight excluding hydrogens is 401 g/mol. The number of aromatic nitrogens is 3. The van der Waals surface area contributed by atoms with Crippen molar-refractivity contribution < 1.29 is 13.9 Å². The van der Waals surface area contributed by atoms with Gasteiger partial charge < -0.3 is 9.30 Å². The second-order valence-corrected chi connectivity index (χ2v) is 8.23. The molecular formula is C23H24FN3O2S.